The quantitative estimate of drug-likeness (QED) is 0.170. The number of rotatable bonds is 6. The van der Waals surface area contributed by atoms with E-state index in [1.807, 2.05) is 0 Å². The van der Waals surface area contributed by atoms with Crippen LogP contribution in [0.4, 0.5) is 17.1 Å². The fraction of sp³-hybridized carbons (Fsp3) is 0.0800. The number of aryl methyl sites for hydroxylation is 1. The second-order valence-electron chi connectivity index (χ2n) is 7.89. The molecular weight excluding hydrogens is 541 g/mol. The van der Waals surface area contributed by atoms with Gasteiger partial charge in [0.15, 0.2) is 5.75 Å². The van der Waals surface area contributed by atoms with Crippen LogP contribution in [0.3, 0.4) is 0 Å². The van der Waals surface area contributed by atoms with Gasteiger partial charge in [0.25, 0.3) is 16.0 Å². The van der Waals surface area contributed by atoms with Gasteiger partial charge >= 0.3 is 0 Å². The monoisotopic (exact) mass is 559 g/mol. The average Bonchev–Trinajstić information content (AvgIpc) is 2.85. The zero-order chi connectivity index (χ0) is 26.9. The number of carbonyl (C=O) groups excluding carboxylic acids is 1. The maximum Gasteiger partial charge on any atom is 0.296 e. The smallest absolute Gasteiger partial charge is 0.296 e. The van der Waals surface area contributed by atoms with Crippen molar-refractivity contribution >= 4 is 67.1 Å². The predicted octanol–water partition coefficient (Wildman–Crippen LogP) is 7.08. The van der Waals surface area contributed by atoms with Crippen molar-refractivity contribution in [3.8, 4) is 11.5 Å². The Morgan fingerprint density at radius 2 is 1.73 bits per heavy atom. The molecule has 4 rings (SSSR count). The topological polar surface area (TPSA) is 138 Å². The number of hydrogen-bond donors (Lipinski definition) is 3. The molecule has 0 bridgehead atoms. The van der Waals surface area contributed by atoms with Crippen LogP contribution in [0.1, 0.15) is 15.9 Å². The third kappa shape index (κ3) is 5.52. The zero-order valence-electron chi connectivity index (χ0n) is 19.4. The van der Waals surface area contributed by atoms with Crippen LogP contribution < -0.4 is 10.1 Å². The molecule has 0 heterocycles. The first-order valence-corrected chi connectivity index (χ1v) is 12.8. The van der Waals surface area contributed by atoms with Crippen molar-refractivity contribution in [2.45, 2.75) is 11.8 Å². The van der Waals surface area contributed by atoms with Crippen LogP contribution in [0.2, 0.25) is 10.0 Å². The molecule has 4 aromatic rings. The van der Waals surface area contributed by atoms with Crippen LogP contribution in [-0.2, 0) is 10.1 Å². The molecule has 9 nitrogen and oxygen atoms in total. The van der Waals surface area contributed by atoms with E-state index in [1.54, 1.807) is 43.3 Å². The molecule has 0 saturated heterocycles. The molecule has 0 aliphatic carbocycles. The van der Waals surface area contributed by atoms with Crippen LogP contribution in [0.25, 0.3) is 10.8 Å². The Morgan fingerprint density at radius 1 is 1.00 bits per heavy atom. The highest BCUT2D eigenvalue weighted by atomic mass is 35.5. The van der Waals surface area contributed by atoms with Gasteiger partial charge in [-0.1, -0.05) is 47.5 Å². The largest absolute Gasteiger partial charge is 0.505 e. The van der Waals surface area contributed by atoms with Crippen LogP contribution >= 0.6 is 23.2 Å². The number of halogens is 2. The Kier molecular flexibility index (Phi) is 7.37. The van der Waals surface area contributed by atoms with E-state index in [1.165, 1.54) is 25.3 Å². The van der Waals surface area contributed by atoms with Gasteiger partial charge in [0, 0.05) is 16.5 Å². The molecule has 0 aromatic heterocycles. The summed E-state index contributed by atoms with van der Waals surface area (Å²) in [6, 6.07) is 15.4. The second kappa shape index (κ2) is 10.3. The van der Waals surface area contributed by atoms with Gasteiger partial charge < -0.3 is 15.2 Å². The van der Waals surface area contributed by atoms with Crippen LogP contribution in [0.15, 0.2) is 75.8 Å². The highest BCUT2D eigenvalue weighted by Gasteiger charge is 2.21. The molecule has 12 heteroatoms. The zero-order valence-corrected chi connectivity index (χ0v) is 21.7. The number of phenolic OH excluding ortho intramolecular Hbond substituents is 1. The van der Waals surface area contributed by atoms with E-state index in [0.717, 1.165) is 6.07 Å². The maximum atomic E-state index is 13.2. The molecule has 0 fully saturated rings. The normalized spacial score (nSPS) is 11.7. The number of carbonyl (C=O) groups is 1. The number of benzene rings is 4. The number of nitrogens with zero attached hydrogens (tertiary/aromatic N) is 2. The SMILES string of the molecule is COc1ccc(Cl)c(NC(=O)c2cc3ccccc3c(N=Nc3cc(C)c(Cl)cc3S(=O)(=O)O)c2O)c1. The number of anilines is 1. The number of aromatic hydroxyl groups is 1. The van der Waals surface area contributed by atoms with E-state index in [0.29, 0.717) is 22.1 Å². The summed E-state index contributed by atoms with van der Waals surface area (Å²) in [5.41, 5.74) is 0.324. The third-order valence-electron chi connectivity index (χ3n) is 5.44. The number of amides is 1. The third-order valence-corrected chi connectivity index (χ3v) is 7.06. The highest BCUT2D eigenvalue weighted by molar-refractivity contribution is 7.86. The summed E-state index contributed by atoms with van der Waals surface area (Å²) < 4.78 is 38.5. The fourth-order valence-electron chi connectivity index (χ4n) is 3.55. The van der Waals surface area contributed by atoms with Gasteiger partial charge in [-0.05, 0) is 48.2 Å². The summed E-state index contributed by atoms with van der Waals surface area (Å²) >= 11 is 12.2. The molecule has 0 saturated carbocycles. The molecule has 0 aliphatic rings. The number of azo groups is 1. The first-order chi connectivity index (χ1) is 17.5. The fourth-order valence-corrected chi connectivity index (χ4v) is 4.57. The average molecular weight is 560 g/mol. The second-order valence-corrected chi connectivity index (χ2v) is 10.1. The van der Waals surface area contributed by atoms with E-state index < -0.39 is 26.7 Å². The number of phenols is 1. The number of methoxy groups -OCH3 is 1. The van der Waals surface area contributed by atoms with Gasteiger partial charge in [-0.15, -0.1) is 10.2 Å². The minimum absolute atomic E-state index is 0.0890. The highest BCUT2D eigenvalue weighted by Crippen LogP contribution is 2.41. The van der Waals surface area contributed by atoms with Gasteiger partial charge in [-0.3, -0.25) is 9.35 Å². The lowest BCUT2D eigenvalue weighted by atomic mass is 10.0. The first-order valence-electron chi connectivity index (χ1n) is 10.6. The van der Waals surface area contributed by atoms with E-state index in [9.17, 15) is 22.9 Å². The summed E-state index contributed by atoms with van der Waals surface area (Å²) in [5, 5.41) is 23.1. The van der Waals surface area contributed by atoms with Gasteiger partial charge in [0.1, 0.15) is 22.0 Å². The molecule has 1 amide bonds. The molecule has 0 radical (unpaired) electrons. The molecule has 0 atom stereocenters. The summed E-state index contributed by atoms with van der Waals surface area (Å²) in [5.74, 6) is -0.723. The number of hydrogen-bond acceptors (Lipinski definition) is 7. The number of ether oxygens (including phenoxy) is 1. The van der Waals surface area contributed by atoms with E-state index in [4.69, 9.17) is 27.9 Å². The Balaban J connectivity index is 1.84. The lowest BCUT2D eigenvalue weighted by molar-refractivity contribution is 0.102. The molecule has 37 heavy (non-hydrogen) atoms. The molecule has 0 unspecified atom stereocenters. The Hall–Kier alpha value is -3.70. The lowest BCUT2D eigenvalue weighted by Crippen LogP contribution is -2.12. The molecule has 4 aromatic carbocycles. The van der Waals surface area contributed by atoms with Gasteiger partial charge in [-0.2, -0.15) is 8.42 Å². The van der Waals surface area contributed by atoms with Crippen molar-refractivity contribution in [1.82, 2.24) is 0 Å². The number of nitrogens with one attached hydrogen (secondary N) is 1. The first kappa shape index (κ1) is 26.4. The van der Waals surface area contributed by atoms with Gasteiger partial charge in [0.05, 0.1) is 23.4 Å². The summed E-state index contributed by atoms with van der Waals surface area (Å²) in [7, 11) is -3.21. The Morgan fingerprint density at radius 3 is 2.43 bits per heavy atom. The minimum Gasteiger partial charge on any atom is -0.505 e. The van der Waals surface area contributed by atoms with Crippen molar-refractivity contribution in [2.75, 3.05) is 12.4 Å². The van der Waals surface area contributed by atoms with Gasteiger partial charge in [-0.25, -0.2) is 0 Å². The standard InChI is InChI=1S/C25H19Cl2N3O6S/c1-13-9-21(22(12-19(13)27)37(33,34)35)29-30-23-16-6-4-3-5-14(16)10-17(24(23)31)25(32)28-20-11-15(36-2)7-8-18(20)26/h3-12,31H,1-2H3,(H,28,32)(H,33,34,35). The maximum absolute atomic E-state index is 13.2. The Bertz CT molecular complexity index is 1690. The lowest BCUT2D eigenvalue weighted by Gasteiger charge is -2.13. The van der Waals surface area contributed by atoms with Crippen molar-refractivity contribution in [3.63, 3.8) is 0 Å². The molecule has 190 valence electrons. The van der Waals surface area contributed by atoms with Crippen molar-refractivity contribution in [2.24, 2.45) is 10.2 Å². The summed E-state index contributed by atoms with van der Waals surface area (Å²) in [4.78, 5) is 12.6. The van der Waals surface area contributed by atoms with E-state index >= 15 is 0 Å². The molecule has 0 aliphatic heterocycles. The van der Waals surface area contributed by atoms with E-state index in [-0.39, 0.29) is 32.7 Å². The van der Waals surface area contributed by atoms with Gasteiger partial charge in [0.2, 0.25) is 0 Å². The van der Waals surface area contributed by atoms with Crippen molar-refractivity contribution in [3.05, 3.63) is 81.8 Å². The molecular formula is C25H19Cl2N3O6S. The predicted molar refractivity (Wildman–Crippen MR) is 142 cm³/mol. The Labute approximate surface area is 222 Å². The number of fused-ring (bicyclic) bond motifs is 1. The van der Waals surface area contributed by atoms with Crippen molar-refractivity contribution < 1.29 is 27.6 Å². The van der Waals surface area contributed by atoms with Crippen LogP contribution in [-0.4, -0.2) is 31.1 Å². The summed E-state index contributed by atoms with van der Waals surface area (Å²) in [6.45, 7) is 1.62. The van der Waals surface area contributed by atoms with Crippen LogP contribution in [0.5, 0.6) is 11.5 Å². The summed E-state index contributed by atoms with van der Waals surface area (Å²) in [6.07, 6.45) is 0. The van der Waals surface area contributed by atoms with E-state index in [2.05, 4.69) is 15.5 Å². The van der Waals surface area contributed by atoms with Crippen molar-refractivity contribution in [1.29, 1.82) is 0 Å². The minimum atomic E-state index is -4.68. The molecule has 3 N–H and O–H groups in total. The van der Waals surface area contributed by atoms with Crippen LogP contribution in [0, 0.1) is 6.92 Å². The molecule has 0 spiro atoms.